The van der Waals surface area contributed by atoms with E-state index < -0.39 is 78.6 Å². The van der Waals surface area contributed by atoms with E-state index in [4.69, 9.17) is 15.2 Å². The Kier molecular flexibility index (Phi) is 7.83. The fourth-order valence-electron chi connectivity index (χ4n) is 4.06. The molecule has 4 rings (SSSR count). The predicted molar refractivity (Wildman–Crippen MR) is 116 cm³/mol. The summed E-state index contributed by atoms with van der Waals surface area (Å²) in [5, 5.41) is 69.4. The minimum absolute atomic E-state index is 0.298. The molecule has 2 saturated heterocycles. The summed E-state index contributed by atoms with van der Waals surface area (Å²) < 4.78 is 26.0. The summed E-state index contributed by atoms with van der Waals surface area (Å²) in [7, 11) is 0. The lowest BCUT2D eigenvalue weighted by Gasteiger charge is -2.45. The molecule has 2 aromatic rings. The predicted octanol–water partition coefficient (Wildman–Crippen LogP) is -2.44. The molecule has 0 radical (unpaired) electrons. The van der Waals surface area contributed by atoms with Crippen molar-refractivity contribution in [1.82, 2.24) is 15.0 Å². The minimum Gasteiger partial charge on any atom is -0.394 e. The maximum Gasteiger partial charge on any atom is 0.134 e. The molecular weight excluding hydrogens is 475 g/mol. The highest BCUT2D eigenvalue weighted by molar-refractivity contribution is 8.00. The number of halogens is 1. The minimum atomic E-state index is -1.42. The summed E-state index contributed by atoms with van der Waals surface area (Å²) in [5.41, 5.74) is 4.36. The smallest absolute Gasteiger partial charge is 0.134 e. The first-order valence-electron chi connectivity index (χ1n) is 10.6. The second-order valence-corrected chi connectivity index (χ2v) is 9.41. The number of ether oxygens (including phenoxy) is 2. The summed E-state index contributed by atoms with van der Waals surface area (Å²) in [6.07, 6.45) is -6.22. The topological polar surface area (TPSA) is 197 Å². The molecule has 1 aromatic heterocycles. The van der Waals surface area contributed by atoms with Gasteiger partial charge in [0.2, 0.25) is 0 Å². The van der Waals surface area contributed by atoms with Gasteiger partial charge in [-0.15, -0.1) is 5.10 Å². The van der Waals surface area contributed by atoms with E-state index in [0.29, 0.717) is 11.3 Å². The second kappa shape index (κ2) is 10.5. The highest BCUT2D eigenvalue weighted by atomic mass is 32.2. The van der Waals surface area contributed by atoms with Crippen molar-refractivity contribution in [1.29, 1.82) is 0 Å². The Morgan fingerprint density at radius 2 is 1.62 bits per heavy atom. The van der Waals surface area contributed by atoms with Gasteiger partial charge in [-0.05, 0) is 12.1 Å². The van der Waals surface area contributed by atoms with Crippen LogP contribution < -0.4 is 5.73 Å². The van der Waals surface area contributed by atoms with Gasteiger partial charge in [0.15, 0.2) is 0 Å². The first-order valence-corrected chi connectivity index (χ1v) is 11.5. The van der Waals surface area contributed by atoms with E-state index in [1.807, 2.05) is 0 Å². The van der Waals surface area contributed by atoms with E-state index in [1.165, 1.54) is 29.1 Å². The van der Waals surface area contributed by atoms with Crippen molar-refractivity contribution in [3.63, 3.8) is 0 Å². The van der Waals surface area contributed by atoms with Crippen molar-refractivity contribution in [3.8, 4) is 11.3 Å². The third kappa shape index (κ3) is 4.83. The molecule has 3 heterocycles. The zero-order valence-corrected chi connectivity index (χ0v) is 18.6. The average molecular weight is 503 g/mol. The maximum atomic E-state index is 13.6. The number of nitrogens with two attached hydrogens (primary N) is 1. The fraction of sp³-hybridized carbons (Fsp3) is 0.600. The zero-order chi connectivity index (χ0) is 24.6. The van der Waals surface area contributed by atoms with Crippen LogP contribution in [0.5, 0.6) is 0 Å². The molecule has 12 nitrogen and oxygen atoms in total. The number of rotatable bonds is 6. The number of aliphatic hydroxyl groups is 6. The van der Waals surface area contributed by atoms with Gasteiger partial charge in [-0.2, -0.15) is 0 Å². The third-order valence-electron chi connectivity index (χ3n) is 5.99. The summed E-state index contributed by atoms with van der Waals surface area (Å²) in [6.45, 7) is -1.13. The van der Waals surface area contributed by atoms with Gasteiger partial charge < -0.3 is 45.8 Å². The molecule has 188 valence electrons. The molecule has 0 spiro atoms. The lowest BCUT2D eigenvalue weighted by atomic mass is 9.97. The molecule has 1 aromatic carbocycles. The van der Waals surface area contributed by atoms with Crippen LogP contribution in [0.3, 0.4) is 0 Å². The normalized spacial score (nSPS) is 38.7. The largest absolute Gasteiger partial charge is 0.394 e. The highest BCUT2D eigenvalue weighted by Crippen LogP contribution is 2.39. The van der Waals surface area contributed by atoms with Crippen LogP contribution in [0.2, 0.25) is 0 Å². The maximum absolute atomic E-state index is 13.6. The SMILES string of the molecule is NC1C(O)[C@@H](CO)O[C@@H](S[C@@H]2OC(CO)[C@H](O)C(n3cc(-c4cccc(F)c4)nn3)C2O)[C@@H]1O. The lowest BCUT2D eigenvalue weighted by molar-refractivity contribution is -0.183. The van der Waals surface area contributed by atoms with Crippen molar-refractivity contribution in [2.75, 3.05) is 13.2 Å². The molecule has 0 aliphatic carbocycles. The standard InChI is InChI=1S/C20H27FN4O8S/c21-9-3-1-2-8(4-9)10-5-25(24-23-10)14-16(29)12(7-27)33-20(18(14)31)34-19-17(30)13(22)15(28)11(6-26)32-19/h1-5,11-20,26-31H,6-7,22H2/t11-,12?,13?,14?,15?,16+,17-,18?,19+,20+/m1/s1. The van der Waals surface area contributed by atoms with Crippen LogP contribution in [0.15, 0.2) is 30.5 Å². The molecule has 8 N–H and O–H groups in total. The Hall–Kier alpha value is -1.72. The van der Waals surface area contributed by atoms with E-state index in [-0.39, 0.29) is 0 Å². The van der Waals surface area contributed by atoms with Crippen LogP contribution in [-0.4, -0.2) is 112 Å². The van der Waals surface area contributed by atoms with Gasteiger partial charge in [-0.25, -0.2) is 9.07 Å². The molecule has 14 heteroatoms. The Balaban J connectivity index is 1.57. The quantitative estimate of drug-likeness (QED) is 0.221. The molecule has 2 aliphatic heterocycles. The number of aliphatic hydroxyl groups excluding tert-OH is 6. The Bertz CT molecular complexity index is 970. The Morgan fingerprint density at radius 1 is 0.971 bits per heavy atom. The van der Waals surface area contributed by atoms with Crippen molar-refractivity contribution in [2.24, 2.45) is 5.73 Å². The van der Waals surface area contributed by atoms with Gasteiger partial charge in [0.25, 0.3) is 0 Å². The van der Waals surface area contributed by atoms with Crippen LogP contribution >= 0.6 is 11.8 Å². The molecule has 2 aliphatic rings. The van der Waals surface area contributed by atoms with Crippen molar-refractivity contribution in [2.45, 2.75) is 59.6 Å². The van der Waals surface area contributed by atoms with E-state index in [1.54, 1.807) is 6.07 Å². The molecule has 0 saturated carbocycles. The Labute approximate surface area is 197 Å². The van der Waals surface area contributed by atoms with Crippen molar-refractivity contribution in [3.05, 3.63) is 36.3 Å². The summed E-state index contributed by atoms with van der Waals surface area (Å²) in [5.74, 6) is -0.467. The molecular formula is C20H27FN4O8S. The third-order valence-corrected chi connectivity index (χ3v) is 7.31. The molecule has 34 heavy (non-hydrogen) atoms. The van der Waals surface area contributed by atoms with Crippen LogP contribution in [0.4, 0.5) is 4.39 Å². The first kappa shape index (κ1) is 25.4. The monoisotopic (exact) mass is 502 g/mol. The average Bonchev–Trinajstić information content (AvgIpc) is 3.31. The zero-order valence-electron chi connectivity index (χ0n) is 17.8. The number of aromatic nitrogens is 3. The summed E-state index contributed by atoms with van der Waals surface area (Å²) in [6, 6.07) is 3.43. The number of hydrogen-bond donors (Lipinski definition) is 7. The number of nitrogens with zero attached hydrogens (tertiary/aromatic N) is 3. The summed E-state index contributed by atoms with van der Waals surface area (Å²) in [4.78, 5) is 0. The van der Waals surface area contributed by atoms with Crippen LogP contribution in [0.25, 0.3) is 11.3 Å². The van der Waals surface area contributed by atoms with Gasteiger partial charge in [0, 0.05) is 5.56 Å². The van der Waals surface area contributed by atoms with Gasteiger partial charge in [0.1, 0.15) is 65.0 Å². The fourth-order valence-corrected chi connectivity index (χ4v) is 5.40. The van der Waals surface area contributed by atoms with Crippen molar-refractivity contribution >= 4 is 11.8 Å². The molecule has 5 unspecified atom stereocenters. The van der Waals surface area contributed by atoms with Gasteiger partial charge in [-0.1, -0.05) is 29.1 Å². The summed E-state index contributed by atoms with van der Waals surface area (Å²) >= 11 is 0.827. The second-order valence-electron chi connectivity index (χ2n) is 8.21. The van der Waals surface area contributed by atoms with E-state index in [9.17, 15) is 35.0 Å². The van der Waals surface area contributed by atoms with Gasteiger partial charge in [0.05, 0.1) is 25.5 Å². The lowest BCUT2D eigenvalue weighted by Crippen LogP contribution is -2.62. The van der Waals surface area contributed by atoms with Crippen LogP contribution in [0.1, 0.15) is 6.04 Å². The molecule has 10 atom stereocenters. The van der Waals surface area contributed by atoms with Crippen LogP contribution in [-0.2, 0) is 9.47 Å². The van der Waals surface area contributed by atoms with Gasteiger partial charge in [-0.3, -0.25) is 0 Å². The number of hydrogen-bond acceptors (Lipinski definition) is 12. The van der Waals surface area contributed by atoms with Crippen molar-refractivity contribution < 1.29 is 44.5 Å². The number of benzene rings is 1. The van der Waals surface area contributed by atoms with Crippen LogP contribution in [0, 0.1) is 5.82 Å². The molecule has 2 fully saturated rings. The molecule has 0 amide bonds. The number of thioether (sulfide) groups is 1. The highest BCUT2D eigenvalue weighted by Gasteiger charge is 2.50. The van der Waals surface area contributed by atoms with Gasteiger partial charge >= 0.3 is 0 Å². The first-order chi connectivity index (χ1) is 16.2. The van der Waals surface area contributed by atoms with E-state index >= 15 is 0 Å². The Morgan fingerprint density at radius 3 is 2.26 bits per heavy atom. The van der Waals surface area contributed by atoms with E-state index in [2.05, 4.69) is 10.3 Å². The molecule has 0 bridgehead atoms. The van der Waals surface area contributed by atoms with E-state index in [0.717, 1.165) is 11.8 Å².